The van der Waals surface area contributed by atoms with Gasteiger partial charge in [0.2, 0.25) is 26.0 Å². The van der Waals surface area contributed by atoms with Crippen LogP contribution in [0, 0.1) is 5.92 Å². The van der Waals surface area contributed by atoms with Crippen LogP contribution in [0.25, 0.3) is 0 Å². The molecule has 2 saturated heterocycles. The van der Waals surface area contributed by atoms with E-state index in [2.05, 4.69) is 0 Å². The van der Waals surface area contributed by atoms with Crippen molar-refractivity contribution in [1.82, 2.24) is 13.5 Å². The van der Waals surface area contributed by atoms with E-state index in [1.807, 2.05) is 0 Å². The molecule has 3 rings (SSSR count). The Hall–Kier alpha value is -0.910. The van der Waals surface area contributed by atoms with Crippen molar-refractivity contribution in [2.45, 2.75) is 24.2 Å². The summed E-state index contributed by atoms with van der Waals surface area (Å²) in [7, 11) is -7.14. The predicted molar refractivity (Wildman–Crippen MR) is 116 cm³/mol. The van der Waals surface area contributed by atoms with Gasteiger partial charge in [-0.2, -0.15) is 4.31 Å². The van der Waals surface area contributed by atoms with E-state index >= 15 is 0 Å². The van der Waals surface area contributed by atoms with Crippen LogP contribution in [0.4, 0.5) is 0 Å². The molecule has 0 aromatic heterocycles. The zero-order valence-electron chi connectivity index (χ0n) is 16.6. The number of hydrogen-bond acceptors (Lipinski definition) is 5. The molecule has 0 spiro atoms. The zero-order chi connectivity index (χ0) is 22.1. The average molecular weight is 498 g/mol. The highest BCUT2D eigenvalue weighted by Crippen LogP contribution is 2.33. The third-order valence-electron chi connectivity index (χ3n) is 5.56. The number of halogens is 2. The quantitative estimate of drug-likeness (QED) is 0.632. The Morgan fingerprint density at radius 1 is 0.900 bits per heavy atom. The molecule has 1 amide bonds. The van der Waals surface area contributed by atoms with Gasteiger partial charge in [0.25, 0.3) is 0 Å². The second-order valence-electron chi connectivity index (χ2n) is 7.57. The summed E-state index contributed by atoms with van der Waals surface area (Å²) in [6, 6.07) is 4.55. The Bertz CT molecular complexity index is 988. The van der Waals surface area contributed by atoms with E-state index in [9.17, 15) is 21.6 Å². The first-order valence-electron chi connectivity index (χ1n) is 9.70. The Morgan fingerprint density at radius 3 is 2.07 bits per heavy atom. The van der Waals surface area contributed by atoms with Crippen molar-refractivity contribution < 1.29 is 21.6 Å². The molecule has 0 radical (unpaired) electrons. The Labute approximate surface area is 187 Å². The van der Waals surface area contributed by atoms with Crippen molar-refractivity contribution in [3.63, 3.8) is 0 Å². The molecule has 12 heteroatoms. The van der Waals surface area contributed by atoms with Crippen molar-refractivity contribution in [1.29, 1.82) is 0 Å². The van der Waals surface area contributed by atoms with E-state index in [0.29, 0.717) is 38.9 Å². The molecule has 30 heavy (non-hydrogen) atoms. The van der Waals surface area contributed by atoms with Gasteiger partial charge < -0.3 is 4.90 Å². The number of piperidine rings is 1. The first-order chi connectivity index (χ1) is 14.0. The van der Waals surface area contributed by atoms with Crippen LogP contribution in [0.1, 0.15) is 19.3 Å². The van der Waals surface area contributed by atoms with Crippen molar-refractivity contribution >= 4 is 49.2 Å². The number of carbonyl (C=O) groups is 1. The van der Waals surface area contributed by atoms with Crippen LogP contribution >= 0.6 is 23.2 Å². The monoisotopic (exact) mass is 497 g/mol. The number of carbonyl (C=O) groups excluding carboxylic acids is 1. The van der Waals surface area contributed by atoms with Gasteiger partial charge in [-0.05, 0) is 31.4 Å². The molecule has 1 aromatic carbocycles. The van der Waals surface area contributed by atoms with Crippen LogP contribution in [0.15, 0.2) is 23.1 Å². The van der Waals surface area contributed by atoms with E-state index in [1.54, 1.807) is 11.0 Å². The van der Waals surface area contributed by atoms with Crippen molar-refractivity contribution in [2.24, 2.45) is 5.92 Å². The van der Waals surface area contributed by atoms with Gasteiger partial charge in [0.1, 0.15) is 4.90 Å². The summed E-state index contributed by atoms with van der Waals surface area (Å²) in [5, 5.41) is 0.140. The number of hydrogen-bond donors (Lipinski definition) is 0. The molecular formula is C18H25Cl2N3O5S2. The highest BCUT2D eigenvalue weighted by Gasteiger charge is 2.36. The van der Waals surface area contributed by atoms with Crippen LogP contribution in [0.5, 0.6) is 0 Å². The maximum absolute atomic E-state index is 13.0. The molecule has 1 aromatic rings. The van der Waals surface area contributed by atoms with Gasteiger partial charge in [-0.3, -0.25) is 4.79 Å². The van der Waals surface area contributed by atoms with Crippen molar-refractivity contribution in [3.05, 3.63) is 28.2 Å². The molecule has 0 atom stereocenters. The van der Waals surface area contributed by atoms with Crippen LogP contribution in [-0.4, -0.2) is 81.8 Å². The molecule has 0 N–H and O–H groups in total. The molecule has 2 fully saturated rings. The Balaban J connectivity index is 1.63. The summed E-state index contributed by atoms with van der Waals surface area (Å²) < 4.78 is 52.2. The van der Waals surface area contributed by atoms with Gasteiger partial charge in [-0.1, -0.05) is 29.3 Å². The molecule has 0 bridgehead atoms. The van der Waals surface area contributed by atoms with Crippen LogP contribution in [0.3, 0.4) is 0 Å². The lowest BCUT2D eigenvalue weighted by atomic mass is 9.96. The van der Waals surface area contributed by atoms with E-state index in [0.717, 1.165) is 0 Å². The Morgan fingerprint density at radius 2 is 1.50 bits per heavy atom. The fourth-order valence-electron chi connectivity index (χ4n) is 3.91. The first-order valence-corrected chi connectivity index (χ1v) is 13.7. The predicted octanol–water partition coefficient (Wildman–Crippen LogP) is 1.89. The van der Waals surface area contributed by atoms with Gasteiger partial charge in [0.05, 0.1) is 16.3 Å². The van der Waals surface area contributed by atoms with E-state index < -0.39 is 20.0 Å². The molecule has 168 valence electrons. The molecule has 0 aliphatic carbocycles. The lowest BCUT2D eigenvalue weighted by molar-refractivity contribution is -0.136. The fraction of sp³-hybridized carbons (Fsp3) is 0.611. The Kier molecular flexibility index (Phi) is 7.36. The maximum atomic E-state index is 13.0. The summed E-state index contributed by atoms with van der Waals surface area (Å²) in [5.74, 6) is -0.332. The maximum Gasteiger partial charge on any atom is 0.246 e. The number of sulfonamides is 2. The van der Waals surface area contributed by atoms with Gasteiger partial charge in [0.15, 0.2) is 0 Å². The molecule has 8 nitrogen and oxygen atoms in total. The summed E-state index contributed by atoms with van der Waals surface area (Å²) in [4.78, 5) is 14.5. The lowest BCUT2D eigenvalue weighted by Crippen LogP contribution is -2.45. The third-order valence-corrected chi connectivity index (χ3v) is 9.71. The fourth-order valence-corrected chi connectivity index (χ4v) is 7.34. The summed E-state index contributed by atoms with van der Waals surface area (Å²) in [6.45, 7) is 1.92. The molecule has 0 saturated carbocycles. The minimum Gasteiger partial charge on any atom is -0.341 e. The second-order valence-corrected chi connectivity index (χ2v) is 12.2. The first kappa shape index (κ1) is 23.7. The number of benzene rings is 1. The number of rotatable bonds is 4. The van der Waals surface area contributed by atoms with Crippen LogP contribution in [0.2, 0.25) is 10.0 Å². The largest absolute Gasteiger partial charge is 0.341 e. The summed E-state index contributed by atoms with van der Waals surface area (Å²) in [6.07, 6.45) is 2.54. The van der Waals surface area contributed by atoms with E-state index in [-0.39, 0.29) is 46.4 Å². The van der Waals surface area contributed by atoms with Crippen LogP contribution in [-0.2, 0) is 24.8 Å². The van der Waals surface area contributed by atoms with Gasteiger partial charge in [-0.25, -0.2) is 21.1 Å². The highest BCUT2D eigenvalue weighted by atomic mass is 35.5. The smallest absolute Gasteiger partial charge is 0.246 e. The van der Waals surface area contributed by atoms with Gasteiger partial charge in [-0.15, -0.1) is 0 Å². The van der Waals surface area contributed by atoms with Crippen molar-refractivity contribution in [2.75, 3.05) is 45.5 Å². The molecule has 0 unspecified atom stereocenters. The van der Waals surface area contributed by atoms with E-state index in [1.165, 1.54) is 27.0 Å². The normalized spacial score (nSPS) is 20.8. The van der Waals surface area contributed by atoms with E-state index in [4.69, 9.17) is 23.2 Å². The van der Waals surface area contributed by atoms with Crippen molar-refractivity contribution in [3.8, 4) is 0 Å². The summed E-state index contributed by atoms with van der Waals surface area (Å²) >= 11 is 12.2. The lowest BCUT2D eigenvalue weighted by Gasteiger charge is -2.33. The molecule has 2 aliphatic rings. The second kappa shape index (κ2) is 9.30. The molecule has 2 heterocycles. The van der Waals surface area contributed by atoms with Gasteiger partial charge in [0, 0.05) is 45.2 Å². The van der Waals surface area contributed by atoms with Gasteiger partial charge >= 0.3 is 0 Å². The SMILES string of the molecule is CS(=O)(=O)N1CCCN(C(=O)C2CCN(S(=O)(=O)c3c(Cl)cccc3Cl)CC2)CC1. The minimum atomic E-state index is -3.86. The summed E-state index contributed by atoms with van der Waals surface area (Å²) in [5.41, 5.74) is 0. The topological polar surface area (TPSA) is 95.1 Å². The van der Waals surface area contributed by atoms with Crippen LogP contribution < -0.4 is 0 Å². The third kappa shape index (κ3) is 5.11. The number of nitrogens with zero attached hydrogens (tertiary/aromatic N) is 3. The zero-order valence-corrected chi connectivity index (χ0v) is 19.8. The number of amides is 1. The minimum absolute atomic E-state index is 0.0434. The highest BCUT2D eigenvalue weighted by molar-refractivity contribution is 7.89. The standard InChI is InChI=1S/C18H25Cl2N3O5S2/c1-29(25,26)22-9-3-8-21(12-13-22)18(24)14-6-10-23(11-7-14)30(27,28)17-15(19)4-2-5-16(17)20/h2,4-5,14H,3,6-13H2,1H3. The molecular weight excluding hydrogens is 473 g/mol. The molecule has 2 aliphatic heterocycles. The average Bonchev–Trinajstić information content (AvgIpc) is 2.93.